The number of nitrogens with two attached hydrogens (primary N) is 1. The van der Waals surface area contributed by atoms with Gasteiger partial charge in [-0.2, -0.15) is 0 Å². The van der Waals surface area contributed by atoms with Crippen LogP contribution in [0.15, 0.2) is 41.0 Å². The molecule has 7 heteroatoms. The van der Waals surface area contributed by atoms with Gasteiger partial charge in [-0.1, -0.05) is 15.9 Å². The lowest BCUT2D eigenvalue weighted by molar-refractivity contribution is 0.102. The van der Waals surface area contributed by atoms with Gasteiger partial charge in [-0.25, -0.2) is 4.39 Å². The van der Waals surface area contributed by atoms with Crippen molar-refractivity contribution in [3.8, 4) is 0 Å². The van der Waals surface area contributed by atoms with Crippen LogP contribution in [-0.4, -0.2) is 10.9 Å². The molecule has 1 heterocycles. The highest BCUT2D eigenvalue weighted by atomic mass is 79.9. The van der Waals surface area contributed by atoms with Crippen LogP contribution < -0.4 is 16.6 Å². The lowest BCUT2D eigenvalue weighted by Gasteiger charge is -2.07. The number of nitrogens with zero attached hydrogens (tertiary/aromatic N) is 1. The maximum atomic E-state index is 13.6. The van der Waals surface area contributed by atoms with Crippen molar-refractivity contribution < 1.29 is 9.18 Å². The molecule has 0 bridgehead atoms. The molecule has 19 heavy (non-hydrogen) atoms. The predicted molar refractivity (Wildman–Crippen MR) is 74.1 cm³/mol. The molecule has 0 unspecified atom stereocenters. The Kier molecular flexibility index (Phi) is 4.08. The number of benzene rings is 1. The third kappa shape index (κ3) is 3.27. The van der Waals surface area contributed by atoms with Gasteiger partial charge in [0.05, 0.1) is 11.4 Å². The van der Waals surface area contributed by atoms with E-state index in [1.807, 2.05) is 0 Å². The Balaban J connectivity index is 2.20. The molecule has 0 aliphatic carbocycles. The first-order valence-electron chi connectivity index (χ1n) is 5.29. The van der Waals surface area contributed by atoms with Gasteiger partial charge in [-0.05, 0) is 30.3 Å². The van der Waals surface area contributed by atoms with Crippen molar-refractivity contribution in [3.63, 3.8) is 0 Å². The van der Waals surface area contributed by atoms with E-state index in [-0.39, 0.29) is 11.4 Å². The number of rotatable bonds is 3. The molecule has 2 aromatic rings. The molecule has 1 amide bonds. The summed E-state index contributed by atoms with van der Waals surface area (Å²) in [5, 5.41) is 2.44. The van der Waals surface area contributed by atoms with Gasteiger partial charge < -0.3 is 10.7 Å². The van der Waals surface area contributed by atoms with E-state index in [0.717, 1.165) is 0 Å². The molecule has 0 saturated heterocycles. The van der Waals surface area contributed by atoms with Crippen LogP contribution in [0.2, 0.25) is 0 Å². The van der Waals surface area contributed by atoms with Gasteiger partial charge in [0.15, 0.2) is 0 Å². The number of carbonyl (C=O) groups excluding carboxylic acids is 1. The number of hydrazine groups is 1. The zero-order chi connectivity index (χ0) is 13.8. The zero-order valence-corrected chi connectivity index (χ0v) is 11.2. The second-order valence-electron chi connectivity index (χ2n) is 3.65. The van der Waals surface area contributed by atoms with Crippen molar-refractivity contribution in [2.75, 3.05) is 10.7 Å². The fraction of sp³-hybridized carbons (Fsp3) is 0. The number of nitrogens with one attached hydrogen (secondary N) is 2. The normalized spacial score (nSPS) is 10.1. The number of aromatic nitrogens is 1. The van der Waals surface area contributed by atoms with Gasteiger partial charge in [-0.15, -0.1) is 0 Å². The molecule has 0 spiro atoms. The van der Waals surface area contributed by atoms with Gasteiger partial charge in [0.25, 0.3) is 5.91 Å². The van der Waals surface area contributed by atoms with E-state index in [0.29, 0.717) is 10.2 Å². The average molecular weight is 325 g/mol. The van der Waals surface area contributed by atoms with Crippen LogP contribution in [0.3, 0.4) is 0 Å². The summed E-state index contributed by atoms with van der Waals surface area (Å²) in [4.78, 5) is 15.8. The van der Waals surface area contributed by atoms with E-state index in [9.17, 15) is 9.18 Å². The SMILES string of the molecule is NNc1ccnc(C(=O)Nc2ccc(Br)cc2F)c1. The number of hydrogen-bond acceptors (Lipinski definition) is 4. The molecule has 0 saturated carbocycles. The largest absolute Gasteiger partial charge is 0.324 e. The molecule has 0 aliphatic rings. The minimum atomic E-state index is -0.532. The van der Waals surface area contributed by atoms with E-state index in [2.05, 4.69) is 31.7 Å². The Morgan fingerprint density at radius 3 is 2.79 bits per heavy atom. The molecule has 2 rings (SSSR count). The summed E-state index contributed by atoms with van der Waals surface area (Å²) < 4.78 is 14.2. The summed E-state index contributed by atoms with van der Waals surface area (Å²) in [6.07, 6.45) is 1.43. The lowest BCUT2D eigenvalue weighted by atomic mass is 10.2. The van der Waals surface area contributed by atoms with E-state index in [1.54, 1.807) is 12.1 Å². The minimum absolute atomic E-state index is 0.0844. The molecule has 0 radical (unpaired) electrons. The van der Waals surface area contributed by atoms with Crippen LogP contribution in [-0.2, 0) is 0 Å². The Morgan fingerprint density at radius 2 is 2.11 bits per heavy atom. The monoisotopic (exact) mass is 324 g/mol. The minimum Gasteiger partial charge on any atom is -0.324 e. The van der Waals surface area contributed by atoms with Crippen molar-refractivity contribution in [3.05, 3.63) is 52.5 Å². The van der Waals surface area contributed by atoms with Crippen LogP contribution in [0.4, 0.5) is 15.8 Å². The number of carbonyl (C=O) groups is 1. The third-order valence-electron chi connectivity index (χ3n) is 2.34. The Labute approximate surface area is 117 Å². The summed E-state index contributed by atoms with van der Waals surface area (Å²) in [6.45, 7) is 0. The molecule has 1 aromatic heterocycles. The quantitative estimate of drug-likeness (QED) is 0.598. The summed E-state index contributed by atoms with van der Waals surface area (Å²) >= 11 is 3.14. The molecule has 0 aliphatic heterocycles. The first kappa shape index (κ1) is 13.4. The number of hydrogen-bond donors (Lipinski definition) is 3. The number of amides is 1. The molecule has 98 valence electrons. The topological polar surface area (TPSA) is 80.0 Å². The number of nitrogen functional groups attached to an aromatic ring is 1. The molecule has 1 aromatic carbocycles. The molecule has 4 N–H and O–H groups in total. The second-order valence-corrected chi connectivity index (χ2v) is 4.57. The maximum Gasteiger partial charge on any atom is 0.274 e. The summed E-state index contributed by atoms with van der Waals surface area (Å²) in [5.41, 5.74) is 3.16. The van der Waals surface area contributed by atoms with Gasteiger partial charge in [0.2, 0.25) is 0 Å². The van der Waals surface area contributed by atoms with Gasteiger partial charge in [-0.3, -0.25) is 15.6 Å². The fourth-order valence-electron chi connectivity index (χ4n) is 1.42. The second kappa shape index (κ2) is 5.77. The first-order chi connectivity index (χ1) is 9.10. The van der Waals surface area contributed by atoms with Crippen molar-refractivity contribution in [2.24, 2.45) is 5.84 Å². The molecular weight excluding hydrogens is 315 g/mol. The molecule has 0 fully saturated rings. The number of halogens is 2. The van der Waals surface area contributed by atoms with Crippen LogP contribution in [0.25, 0.3) is 0 Å². The fourth-order valence-corrected chi connectivity index (χ4v) is 1.75. The van der Waals surface area contributed by atoms with E-state index in [4.69, 9.17) is 5.84 Å². The van der Waals surface area contributed by atoms with Crippen molar-refractivity contribution in [1.29, 1.82) is 0 Å². The lowest BCUT2D eigenvalue weighted by Crippen LogP contribution is -2.15. The standard InChI is InChI=1S/C12H10BrFN4O/c13-7-1-2-10(9(14)5-7)17-12(19)11-6-8(18-15)3-4-16-11/h1-6H,15H2,(H,16,18)(H,17,19). The van der Waals surface area contributed by atoms with Crippen molar-refractivity contribution >= 4 is 33.2 Å². The van der Waals surface area contributed by atoms with Gasteiger partial charge >= 0.3 is 0 Å². The predicted octanol–water partition coefficient (Wildman–Crippen LogP) is 2.52. The maximum absolute atomic E-state index is 13.6. The highest BCUT2D eigenvalue weighted by Crippen LogP contribution is 2.20. The summed E-state index contributed by atoms with van der Waals surface area (Å²) in [6, 6.07) is 7.43. The van der Waals surface area contributed by atoms with Crippen LogP contribution in [0.1, 0.15) is 10.5 Å². The zero-order valence-electron chi connectivity index (χ0n) is 9.65. The van der Waals surface area contributed by atoms with E-state index in [1.165, 1.54) is 24.4 Å². The van der Waals surface area contributed by atoms with Crippen molar-refractivity contribution in [1.82, 2.24) is 4.98 Å². The third-order valence-corrected chi connectivity index (χ3v) is 2.83. The van der Waals surface area contributed by atoms with Gasteiger partial charge in [0.1, 0.15) is 11.5 Å². The van der Waals surface area contributed by atoms with Crippen LogP contribution in [0, 0.1) is 5.82 Å². The van der Waals surface area contributed by atoms with Crippen LogP contribution in [0.5, 0.6) is 0 Å². The average Bonchev–Trinajstić information content (AvgIpc) is 2.42. The van der Waals surface area contributed by atoms with Crippen LogP contribution >= 0.6 is 15.9 Å². The Bertz CT molecular complexity index is 620. The summed E-state index contributed by atoms with van der Waals surface area (Å²) in [7, 11) is 0. The summed E-state index contributed by atoms with van der Waals surface area (Å²) in [5.74, 6) is 4.19. The molecule has 5 nitrogen and oxygen atoms in total. The number of anilines is 2. The Morgan fingerprint density at radius 1 is 1.32 bits per heavy atom. The smallest absolute Gasteiger partial charge is 0.274 e. The number of pyridine rings is 1. The molecular formula is C12H10BrFN4O. The first-order valence-corrected chi connectivity index (χ1v) is 6.08. The Hall–Kier alpha value is -1.99. The van der Waals surface area contributed by atoms with E-state index < -0.39 is 11.7 Å². The van der Waals surface area contributed by atoms with E-state index >= 15 is 0 Å². The molecule has 0 atom stereocenters. The van der Waals surface area contributed by atoms with Crippen molar-refractivity contribution in [2.45, 2.75) is 0 Å². The highest BCUT2D eigenvalue weighted by molar-refractivity contribution is 9.10. The highest BCUT2D eigenvalue weighted by Gasteiger charge is 2.11. The van der Waals surface area contributed by atoms with Gasteiger partial charge in [0, 0.05) is 10.7 Å².